The van der Waals surface area contributed by atoms with Gasteiger partial charge in [0.05, 0.1) is 19.6 Å². The van der Waals surface area contributed by atoms with Crippen molar-refractivity contribution in [2.24, 2.45) is 0 Å². The maximum atomic E-state index is 12.5. The second-order valence-corrected chi connectivity index (χ2v) is 7.33. The molecule has 0 saturated carbocycles. The number of carbonyl (C=O) groups excluding carboxylic acids is 1. The quantitative estimate of drug-likeness (QED) is 0.884. The Kier molecular flexibility index (Phi) is 4.91. The number of benzene rings is 2. The summed E-state index contributed by atoms with van der Waals surface area (Å²) in [6.45, 7) is 4.05. The van der Waals surface area contributed by atoms with Gasteiger partial charge in [-0.1, -0.05) is 23.7 Å². The zero-order valence-electron chi connectivity index (χ0n) is 14.6. The molecule has 4 nitrogen and oxygen atoms in total. The summed E-state index contributed by atoms with van der Waals surface area (Å²) in [4.78, 5) is 12.5. The summed E-state index contributed by atoms with van der Waals surface area (Å²) >= 11 is 6.00. The Labute approximate surface area is 153 Å². The van der Waals surface area contributed by atoms with Crippen LogP contribution in [0.2, 0.25) is 5.02 Å². The number of ether oxygens (including phenoxy) is 2. The van der Waals surface area contributed by atoms with Gasteiger partial charge in [0.1, 0.15) is 17.1 Å². The third-order valence-electron chi connectivity index (χ3n) is 4.26. The van der Waals surface area contributed by atoms with Crippen LogP contribution in [-0.2, 0) is 11.2 Å². The van der Waals surface area contributed by atoms with Crippen LogP contribution in [0.4, 0.5) is 0 Å². The maximum absolute atomic E-state index is 12.5. The molecule has 0 aliphatic carbocycles. The highest BCUT2D eigenvalue weighted by atomic mass is 35.5. The minimum Gasteiger partial charge on any atom is -0.497 e. The molecular formula is C20H22ClNO3. The van der Waals surface area contributed by atoms with Crippen molar-refractivity contribution in [3.63, 3.8) is 0 Å². The highest BCUT2D eigenvalue weighted by molar-refractivity contribution is 6.30. The molecule has 3 rings (SSSR count). The normalized spacial score (nSPS) is 18.0. The Morgan fingerprint density at radius 3 is 2.84 bits per heavy atom. The van der Waals surface area contributed by atoms with Gasteiger partial charge in [-0.3, -0.25) is 4.79 Å². The fourth-order valence-electron chi connectivity index (χ4n) is 3.17. The summed E-state index contributed by atoms with van der Waals surface area (Å²) in [5, 5.41) is 3.76. The number of fused-ring (bicyclic) bond motifs is 1. The molecule has 2 aromatic carbocycles. The van der Waals surface area contributed by atoms with Gasteiger partial charge in [-0.05, 0) is 49.7 Å². The van der Waals surface area contributed by atoms with Crippen molar-refractivity contribution in [1.29, 1.82) is 0 Å². The zero-order valence-corrected chi connectivity index (χ0v) is 15.4. The summed E-state index contributed by atoms with van der Waals surface area (Å²) in [5.41, 5.74) is 1.48. The smallest absolute Gasteiger partial charge is 0.224 e. The first-order valence-corrected chi connectivity index (χ1v) is 8.65. The Morgan fingerprint density at radius 1 is 1.32 bits per heavy atom. The summed E-state index contributed by atoms with van der Waals surface area (Å²) < 4.78 is 11.4. The van der Waals surface area contributed by atoms with Crippen molar-refractivity contribution in [2.45, 2.75) is 38.3 Å². The van der Waals surface area contributed by atoms with Crippen molar-refractivity contribution >= 4 is 17.5 Å². The van der Waals surface area contributed by atoms with Gasteiger partial charge in [0.25, 0.3) is 0 Å². The van der Waals surface area contributed by atoms with Crippen molar-refractivity contribution in [3.8, 4) is 11.5 Å². The summed E-state index contributed by atoms with van der Waals surface area (Å²) in [7, 11) is 1.63. The Hall–Kier alpha value is -2.20. The number of hydrogen-bond donors (Lipinski definition) is 1. The Morgan fingerprint density at radius 2 is 2.12 bits per heavy atom. The third-order valence-corrected chi connectivity index (χ3v) is 4.50. The third kappa shape index (κ3) is 4.26. The zero-order chi connectivity index (χ0) is 18.0. The van der Waals surface area contributed by atoms with Gasteiger partial charge in [0.2, 0.25) is 5.91 Å². The molecule has 0 aromatic heterocycles. The van der Waals surface area contributed by atoms with E-state index in [4.69, 9.17) is 21.1 Å². The molecule has 0 fully saturated rings. The van der Waals surface area contributed by atoms with E-state index in [-0.39, 0.29) is 24.0 Å². The molecule has 5 heteroatoms. The number of halogens is 1. The van der Waals surface area contributed by atoms with Gasteiger partial charge < -0.3 is 14.8 Å². The minimum atomic E-state index is -0.352. The molecule has 1 atom stereocenters. The first-order valence-electron chi connectivity index (χ1n) is 8.27. The predicted molar refractivity (Wildman–Crippen MR) is 98.4 cm³/mol. The number of carbonyl (C=O) groups is 1. The topological polar surface area (TPSA) is 47.6 Å². The molecular weight excluding hydrogens is 338 g/mol. The van der Waals surface area contributed by atoms with E-state index < -0.39 is 0 Å². The van der Waals surface area contributed by atoms with E-state index >= 15 is 0 Å². The van der Waals surface area contributed by atoms with E-state index in [0.717, 1.165) is 22.6 Å². The SMILES string of the molecule is COc1ccc2c(c1)[C@@H](NC(=O)Cc1cccc(Cl)c1)CC(C)(C)O2. The lowest BCUT2D eigenvalue weighted by Gasteiger charge is -2.38. The number of amides is 1. The van der Waals surface area contributed by atoms with Crippen molar-refractivity contribution in [2.75, 3.05) is 7.11 Å². The predicted octanol–water partition coefficient (Wildman–Crippen LogP) is 4.31. The Bertz CT molecular complexity index is 788. The largest absolute Gasteiger partial charge is 0.497 e. The van der Waals surface area contributed by atoms with E-state index in [1.54, 1.807) is 13.2 Å². The van der Waals surface area contributed by atoms with E-state index in [2.05, 4.69) is 5.32 Å². The molecule has 1 heterocycles. The Balaban J connectivity index is 1.80. The lowest BCUT2D eigenvalue weighted by molar-refractivity contribution is -0.121. The highest BCUT2D eigenvalue weighted by Crippen LogP contribution is 2.41. The molecule has 2 aromatic rings. The van der Waals surface area contributed by atoms with Crippen LogP contribution in [0.3, 0.4) is 0 Å². The van der Waals surface area contributed by atoms with Crippen LogP contribution < -0.4 is 14.8 Å². The number of methoxy groups -OCH3 is 1. The van der Waals surface area contributed by atoms with Crippen LogP contribution in [-0.4, -0.2) is 18.6 Å². The summed E-state index contributed by atoms with van der Waals surface area (Å²) in [5.74, 6) is 1.49. The van der Waals surface area contributed by atoms with E-state index in [0.29, 0.717) is 11.4 Å². The molecule has 0 radical (unpaired) electrons. The van der Waals surface area contributed by atoms with Crippen molar-refractivity contribution < 1.29 is 14.3 Å². The molecule has 1 amide bonds. The summed E-state index contributed by atoms with van der Waals surface area (Å²) in [6, 6.07) is 12.9. The lowest BCUT2D eigenvalue weighted by Crippen LogP contribution is -2.41. The van der Waals surface area contributed by atoms with Crippen LogP contribution in [0, 0.1) is 0 Å². The van der Waals surface area contributed by atoms with E-state index in [1.165, 1.54) is 0 Å². The average molecular weight is 360 g/mol. The van der Waals surface area contributed by atoms with Crippen LogP contribution in [0.15, 0.2) is 42.5 Å². The molecule has 1 aliphatic heterocycles. The average Bonchev–Trinajstić information content (AvgIpc) is 2.53. The fourth-order valence-corrected chi connectivity index (χ4v) is 3.38. The van der Waals surface area contributed by atoms with Crippen LogP contribution in [0.5, 0.6) is 11.5 Å². The molecule has 0 unspecified atom stereocenters. The lowest BCUT2D eigenvalue weighted by atomic mass is 9.89. The first kappa shape index (κ1) is 17.6. The van der Waals surface area contributed by atoms with Crippen molar-refractivity contribution in [1.82, 2.24) is 5.32 Å². The standard InChI is InChI=1S/C20H22ClNO3/c1-20(2)12-17(16-11-15(24-3)7-8-18(16)25-20)22-19(23)10-13-5-4-6-14(21)9-13/h4-9,11,17H,10,12H2,1-3H3,(H,22,23)/t17-/m0/s1. The summed E-state index contributed by atoms with van der Waals surface area (Å²) in [6.07, 6.45) is 0.978. The monoisotopic (exact) mass is 359 g/mol. The van der Waals surface area contributed by atoms with Gasteiger partial charge >= 0.3 is 0 Å². The molecule has 25 heavy (non-hydrogen) atoms. The molecule has 0 spiro atoms. The molecule has 1 N–H and O–H groups in total. The van der Waals surface area contributed by atoms with Gasteiger partial charge in [-0.15, -0.1) is 0 Å². The van der Waals surface area contributed by atoms with Crippen LogP contribution in [0.25, 0.3) is 0 Å². The minimum absolute atomic E-state index is 0.0428. The molecule has 1 aliphatic rings. The fraction of sp³-hybridized carbons (Fsp3) is 0.350. The number of nitrogens with one attached hydrogen (secondary N) is 1. The van der Waals surface area contributed by atoms with Crippen LogP contribution in [0.1, 0.15) is 37.4 Å². The second-order valence-electron chi connectivity index (χ2n) is 6.90. The molecule has 132 valence electrons. The molecule has 0 saturated heterocycles. The number of rotatable bonds is 4. The molecule has 0 bridgehead atoms. The van der Waals surface area contributed by atoms with Gasteiger partial charge in [0, 0.05) is 17.0 Å². The van der Waals surface area contributed by atoms with Gasteiger partial charge in [-0.2, -0.15) is 0 Å². The first-order chi connectivity index (χ1) is 11.9. The highest BCUT2D eigenvalue weighted by Gasteiger charge is 2.34. The van der Waals surface area contributed by atoms with Crippen molar-refractivity contribution in [3.05, 3.63) is 58.6 Å². The maximum Gasteiger partial charge on any atom is 0.224 e. The van der Waals surface area contributed by atoms with E-state index in [1.807, 2.05) is 50.2 Å². The van der Waals surface area contributed by atoms with E-state index in [9.17, 15) is 4.79 Å². The van der Waals surface area contributed by atoms with Gasteiger partial charge in [0.15, 0.2) is 0 Å². The van der Waals surface area contributed by atoms with Crippen LogP contribution >= 0.6 is 11.6 Å². The number of hydrogen-bond acceptors (Lipinski definition) is 3. The second kappa shape index (κ2) is 6.96. The van der Waals surface area contributed by atoms with Gasteiger partial charge in [-0.25, -0.2) is 0 Å².